The van der Waals surface area contributed by atoms with E-state index < -0.39 is 11.6 Å². The molecule has 0 spiro atoms. The Morgan fingerprint density at radius 1 is 1.32 bits per heavy atom. The topological polar surface area (TPSA) is 56.4 Å². The van der Waals surface area contributed by atoms with Crippen molar-refractivity contribution in [3.63, 3.8) is 0 Å². The van der Waals surface area contributed by atoms with E-state index in [4.69, 9.17) is 11.1 Å². The van der Waals surface area contributed by atoms with Crippen molar-refractivity contribution in [1.29, 1.82) is 5.41 Å². The van der Waals surface area contributed by atoms with Crippen molar-refractivity contribution in [2.45, 2.75) is 13.0 Å². The summed E-state index contributed by atoms with van der Waals surface area (Å²) in [7, 11) is 1.99. The molecule has 1 aliphatic rings. The number of rotatable bonds is 2. The molecule has 1 fully saturated rings. The minimum Gasteiger partial charge on any atom is -0.384 e. The van der Waals surface area contributed by atoms with Crippen LogP contribution in [0.25, 0.3) is 0 Å². The minimum absolute atomic E-state index is 0.0226. The van der Waals surface area contributed by atoms with Crippen molar-refractivity contribution in [1.82, 2.24) is 4.90 Å². The first-order valence-corrected chi connectivity index (χ1v) is 6.18. The molecule has 0 aromatic heterocycles. The molecular formula is C13H18F2N4. The van der Waals surface area contributed by atoms with Crippen molar-refractivity contribution < 1.29 is 8.78 Å². The SMILES string of the molecule is CC1CN(C)CCN1c1c(F)cc(C(=N)N)cc1F. The largest absolute Gasteiger partial charge is 0.384 e. The number of nitrogens with two attached hydrogens (primary N) is 1. The second-order valence-corrected chi connectivity index (χ2v) is 5.01. The number of piperazine rings is 1. The maximum atomic E-state index is 14.1. The van der Waals surface area contributed by atoms with Gasteiger partial charge in [0.2, 0.25) is 0 Å². The summed E-state index contributed by atoms with van der Waals surface area (Å²) in [5.74, 6) is -1.67. The highest BCUT2D eigenvalue weighted by Gasteiger charge is 2.27. The molecule has 1 atom stereocenters. The number of amidine groups is 1. The predicted octanol–water partition coefficient (Wildman–Crippen LogP) is 1.39. The normalized spacial score (nSPS) is 20.6. The number of hydrogen-bond donors (Lipinski definition) is 2. The van der Waals surface area contributed by atoms with Crippen LogP contribution in [0.5, 0.6) is 0 Å². The maximum Gasteiger partial charge on any atom is 0.150 e. The molecule has 0 radical (unpaired) electrons. The highest BCUT2D eigenvalue weighted by Crippen LogP contribution is 2.28. The fourth-order valence-corrected chi connectivity index (χ4v) is 2.47. The van der Waals surface area contributed by atoms with E-state index in [-0.39, 0.29) is 23.1 Å². The van der Waals surface area contributed by atoms with Gasteiger partial charge in [-0.05, 0) is 26.1 Å². The molecule has 0 saturated carbocycles. The molecule has 1 saturated heterocycles. The van der Waals surface area contributed by atoms with E-state index in [0.29, 0.717) is 6.54 Å². The molecule has 1 aliphatic heterocycles. The molecule has 19 heavy (non-hydrogen) atoms. The number of anilines is 1. The zero-order valence-corrected chi connectivity index (χ0v) is 11.1. The Balaban J connectivity index is 2.37. The quantitative estimate of drug-likeness (QED) is 0.629. The summed E-state index contributed by atoms with van der Waals surface area (Å²) >= 11 is 0. The number of benzene rings is 1. The van der Waals surface area contributed by atoms with Gasteiger partial charge in [-0.25, -0.2) is 8.78 Å². The van der Waals surface area contributed by atoms with Crippen molar-refractivity contribution in [3.05, 3.63) is 29.3 Å². The Labute approximate surface area is 111 Å². The smallest absolute Gasteiger partial charge is 0.150 e. The zero-order valence-electron chi connectivity index (χ0n) is 11.1. The summed E-state index contributed by atoms with van der Waals surface area (Å²) in [6.07, 6.45) is 0. The monoisotopic (exact) mass is 268 g/mol. The van der Waals surface area contributed by atoms with E-state index in [1.54, 1.807) is 4.90 Å². The number of likely N-dealkylation sites (N-methyl/N-ethyl adjacent to an activating group) is 1. The number of nitrogens with one attached hydrogen (secondary N) is 1. The average molecular weight is 268 g/mol. The molecule has 1 aromatic carbocycles. The standard InChI is InChI=1S/C13H18F2N4/c1-8-7-18(2)3-4-19(8)12-10(14)5-9(13(16)17)6-11(12)15/h5-6,8H,3-4,7H2,1-2H3,(H3,16,17). The molecule has 4 nitrogen and oxygen atoms in total. The van der Waals surface area contributed by atoms with Gasteiger partial charge in [0.05, 0.1) is 0 Å². The Bertz CT molecular complexity index is 480. The van der Waals surface area contributed by atoms with E-state index in [9.17, 15) is 8.78 Å². The molecule has 1 aromatic rings. The van der Waals surface area contributed by atoms with Gasteiger partial charge in [-0.3, -0.25) is 5.41 Å². The number of nitrogen functional groups attached to an aromatic ring is 1. The average Bonchev–Trinajstić information content (AvgIpc) is 2.30. The lowest BCUT2D eigenvalue weighted by Gasteiger charge is -2.40. The third-order valence-corrected chi connectivity index (χ3v) is 3.45. The first kappa shape index (κ1) is 13.7. The fraction of sp³-hybridized carbons (Fsp3) is 0.462. The number of halogens is 2. The summed E-state index contributed by atoms with van der Waals surface area (Å²) in [5.41, 5.74) is 5.30. The van der Waals surface area contributed by atoms with Crippen LogP contribution in [0.15, 0.2) is 12.1 Å². The zero-order chi connectivity index (χ0) is 14.2. The number of hydrogen-bond acceptors (Lipinski definition) is 3. The minimum atomic E-state index is -0.665. The van der Waals surface area contributed by atoms with Crippen LogP contribution in [-0.2, 0) is 0 Å². The van der Waals surface area contributed by atoms with E-state index in [1.807, 2.05) is 14.0 Å². The molecule has 0 bridgehead atoms. The number of nitrogens with zero attached hydrogens (tertiary/aromatic N) is 2. The van der Waals surface area contributed by atoms with Gasteiger partial charge in [-0.15, -0.1) is 0 Å². The lowest BCUT2D eigenvalue weighted by molar-refractivity contribution is 0.273. The third kappa shape index (κ3) is 2.68. The lowest BCUT2D eigenvalue weighted by atomic mass is 10.1. The van der Waals surface area contributed by atoms with Crippen LogP contribution in [0.4, 0.5) is 14.5 Å². The molecule has 0 aliphatic carbocycles. The molecule has 104 valence electrons. The first-order chi connectivity index (χ1) is 8.90. The summed E-state index contributed by atoms with van der Waals surface area (Å²) in [6.45, 7) is 4.03. The van der Waals surface area contributed by atoms with Gasteiger partial charge >= 0.3 is 0 Å². The van der Waals surface area contributed by atoms with E-state index >= 15 is 0 Å². The van der Waals surface area contributed by atoms with Gasteiger partial charge in [0.25, 0.3) is 0 Å². The van der Waals surface area contributed by atoms with Gasteiger partial charge < -0.3 is 15.5 Å². The van der Waals surface area contributed by atoms with Crippen molar-refractivity contribution in [2.75, 3.05) is 31.6 Å². The van der Waals surface area contributed by atoms with Crippen LogP contribution < -0.4 is 10.6 Å². The molecule has 0 amide bonds. The second-order valence-electron chi connectivity index (χ2n) is 5.01. The molecule has 3 N–H and O–H groups in total. The molecular weight excluding hydrogens is 250 g/mol. The van der Waals surface area contributed by atoms with Gasteiger partial charge in [-0.2, -0.15) is 0 Å². The maximum absolute atomic E-state index is 14.1. The van der Waals surface area contributed by atoms with Gasteiger partial charge in [0.1, 0.15) is 23.2 Å². The summed E-state index contributed by atoms with van der Waals surface area (Å²) < 4.78 is 28.2. The van der Waals surface area contributed by atoms with Gasteiger partial charge in [0, 0.05) is 31.2 Å². The van der Waals surface area contributed by atoms with Crippen molar-refractivity contribution in [2.24, 2.45) is 5.73 Å². The predicted molar refractivity (Wildman–Crippen MR) is 71.7 cm³/mol. The second kappa shape index (κ2) is 5.13. The van der Waals surface area contributed by atoms with Gasteiger partial charge in [0.15, 0.2) is 0 Å². The van der Waals surface area contributed by atoms with Crippen LogP contribution in [0.1, 0.15) is 12.5 Å². The first-order valence-electron chi connectivity index (χ1n) is 6.18. The van der Waals surface area contributed by atoms with Crippen LogP contribution in [0.3, 0.4) is 0 Å². The highest BCUT2D eigenvalue weighted by atomic mass is 19.1. The molecule has 1 heterocycles. The summed E-state index contributed by atoms with van der Waals surface area (Å²) in [4.78, 5) is 3.86. The fourth-order valence-electron chi connectivity index (χ4n) is 2.47. The Morgan fingerprint density at radius 2 is 1.89 bits per heavy atom. The van der Waals surface area contributed by atoms with Crippen LogP contribution in [0.2, 0.25) is 0 Å². The van der Waals surface area contributed by atoms with Gasteiger partial charge in [-0.1, -0.05) is 0 Å². The van der Waals surface area contributed by atoms with Crippen LogP contribution in [0, 0.1) is 17.0 Å². The van der Waals surface area contributed by atoms with Crippen molar-refractivity contribution in [3.8, 4) is 0 Å². The Hall–Kier alpha value is -1.69. The highest BCUT2D eigenvalue weighted by molar-refractivity contribution is 5.95. The van der Waals surface area contributed by atoms with Crippen molar-refractivity contribution >= 4 is 11.5 Å². The van der Waals surface area contributed by atoms with Crippen LogP contribution in [-0.4, -0.2) is 43.5 Å². The molecule has 6 heteroatoms. The summed E-state index contributed by atoms with van der Waals surface area (Å²) in [5, 5.41) is 7.23. The van der Waals surface area contributed by atoms with E-state index in [2.05, 4.69) is 4.90 Å². The summed E-state index contributed by atoms with van der Waals surface area (Å²) in [6, 6.07) is 2.27. The molecule has 2 rings (SSSR count). The van der Waals surface area contributed by atoms with Crippen LogP contribution >= 0.6 is 0 Å². The van der Waals surface area contributed by atoms with E-state index in [0.717, 1.165) is 25.2 Å². The third-order valence-electron chi connectivity index (χ3n) is 3.45. The Kier molecular flexibility index (Phi) is 3.71. The molecule has 1 unspecified atom stereocenters. The Morgan fingerprint density at radius 3 is 2.37 bits per heavy atom. The lowest BCUT2D eigenvalue weighted by Crippen LogP contribution is -2.51. The van der Waals surface area contributed by atoms with E-state index in [1.165, 1.54) is 0 Å².